The first-order chi connectivity index (χ1) is 13.3. The van der Waals surface area contributed by atoms with Crippen molar-refractivity contribution in [1.29, 1.82) is 0 Å². The molecule has 2 aromatic heterocycles. The van der Waals surface area contributed by atoms with E-state index in [-0.39, 0.29) is 5.91 Å². The molecule has 27 heavy (non-hydrogen) atoms. The van der Waals surface area contributed by atoms with Gasteiger partial charge in [-0.2, -0.15) is 0 Å². The molecule has 0 aliphatic carbocycles. The Morgan fingerprint density at radius 2 is 1.89 bits per heavy atom. The molecule has 5 rings (SSSR count). The van der Waals surface area contributed by atoms with Crippen LogP contribution in [0.4, 0.5) is 0 Å². The van der Waals surface area contributed by atoms with Crippen molar-refractivity contribution in [2.24, 2.45) is 0 Å². The SMILES string of the molecule is O=C1c2c(cccc2-c2ccco2)CN1CCc1ccc2ccccc2n1. The van der Waals surface area contributed by atoms with Gasteiger partial charge in [-0.05, 0) is 29.8 Å². The summed E-state index contributed by atoms with van der Waals surface area (Å²) in [5.74, 6) is 0.802. The molecule has 1 aliphatic rings. The number of amides is 1. The second-order valence-electron chi connectivity index (χ2n) is 6.79. The highest BCUT2D eigenvalue weighted by Crippen LogP contribution is 2.32. The molecule has 0 N–H and O–H groups in total. The van der Waals surface area contributed by atoms with E-state index in [4.69, 9.17) is 9.40 Å². The van der Waals surface area contributed by atoms with Gasteiger partial charge in [-0.3, -0.25) is 9.78 Å². The second kappa shape index (κ2) is 6.40. The minimum absolute atomic E-state index is 0.0674. The lowest BCUT2D eigenvalue weighted by Gasteiger charge is -2.15. The molecular formula is C23H18N2O2. The summed E-state index contributed by atoms with van der Waals surface area (Å²) in [6.45, 7) is 1.28. The van der Waals surface area contributed by atoms with Crippen LogP contribution in [0.1, 0.15) is 21.6 Å². The Balaban J connectivity index is 1.37. The largest absolute Gasteiger partial charge is 0.464 e. The molecule has 4 nitrogen and oxygen atoms in total. The fourth-order valence-corrected chi connectivity index (χ4v) is 3.73. The van der Waals surface area contributed by atoms with Crippen LogP contribution in [0.3, 0.4) is 0 Å². The topological polar surface area (TPSA) is 46.3 Å². The lowest BCUT2D eigenvalue weighted by atomic mass is 10.0. The number of aromatic nitrogens is 1. The molecule has 0 spiro atoms. The maximum Gasteiger partial charge on any atom is 0.255 e. The third-order valence-corrected chi connectivity index (χ3v) is 5.09. The molecule has 0 saturated carbocycles. The maximum atomic E-state index is 13.0. The summed E-state index contributed by atoms with van der Waals surface area (Å²) >= 11 is 0. The van der Waals surface area contributed by atoms with Gasteiger partial charge in [0.05, 0.1) is 17.3 Å². The Morgan fingerprint density at radius 3 is 2.78 bits per heavy atom. The van der Waals surface area contributed by atoms with Crippen LogP contribution < -0.4 is 0 Å². The number of hydrogen-bond acceptors (Lipinski definition) is 3. The number of benzene rings is 2. The quantitative estimate of drug-likeness (QED) is 0.534. The molecule has 0 radical (unpaired) electrons. The molecule has 0 fully saturated rings. The average Bonchev–Trinajstić information content (AvgIpc) is 3.35. The Labute approximate surface area is 157 Å². The van der Waals surface area contributed by atoms with Crippen molar-refractivity contribution < 1.29 is 9.21 Å². The van der Waals surface area contributed by atoms with Crippen molar-refractivity contribution in [1.82, 2.24) is 9.88 Å². The predicted octanol–water partition coefficient (Wildman–Crippen LogP) is 4.69. The van der Waals surface area contributed by atoms with Crippen molar-refractivity contribution in [2.75, 3.05) is 6.54 Å². The van der Waals surface area contributed by atoms with E-state index in [0.717, 1.165) is 45.5 Å². The molecule has 1 amide bonds. The van der Waals surface area contributed by atoms with Gasteiger partial charge in [-0.15, -0.1) is 0 Å². The summed E-state index contributed by atoms with van der Waals surface area (Å²) in [4.78, 5) is 19.6. The van der Waals surface area contributed by atoms with Gasteiger partial charge in [-0.25, -0.2) is 0 Å². The first kappa shape index (κ1) is 15.8. The zero-order chi connectivity index (χ0) is 18.2. The van der Waals surface area contributed by atoms with Gasteiger partial charge in [-0.1, -0.05) is 42.5 Å². The summed E-state index contributed by atoms with van der Waals surface area (Å²) in [6, 6.07) is 21.9. The molecule has 4 heteroatoms. The number of pyridine rings is 1. The van der Waals surface area contributed by atoms with Gasteiger partial charge < -0.3 is 9.32 Å². The zero-order valence-corrected chi connectivity index (χ0v) is 14.8. The van der Waals surface area contributed by atoms with Crippen LogP contribution in [0.2, 0.25) is 0 Å². The molecule has 4 aromatic rings. The second-order valence-corrected chi connectivity index (χ2v) is 6.79. The number of furan rings is 1. The molecule has 0 atom stereocenters. The molecule has 2 aromatic carbocycles. The summed E-state index contributed by atoms with van der Waals surface area (Å²) in [6.07, 6.45) is 2.37. The minimum atomic E-state index is 0.0674. The van der Waals surface area contributed by atoms with Crippen LogP contribution in [-0.4, -0.2) is 22.3 Å². The number of carbonyl (C=O) groups excluding carboxylic acids is 1. The third-order valence-electron chi connectivity index (χ3n) is 5.09. The standard InChI is InChI=1S/C23H18N2O2/c26-23-22-17(6-3-7-19(22)21-9-4-14-27-21)15-25(23)13-12-18-11-10-16-5-1-2-8-20(16)24-18/h1-11,14H,12-13,15H2. The van der Waals surface area contributed by atoms with E-state index >= 15 is 0 Å². The number of para-hydroxylation sites is 1. The number of nitrogens with zero attached hydrogens (tertiary/aromatic N) is 2. The number of carbonyl (C=O) groups is 1. The fraction of sp³-hybridized carbons (Fsp3) is 0.130. The summed E-state index contributed by atoms with van der Waals surface area (Å²) < 4.78 is 5.52. The van der Waals surface area contributed by atoms with E-state index in [1.807, 2.05) is 59.5 Å². The van der Waals surface area contributed by atoms with Crippen molar-refractivity contribution in [3.05, 3.63) is 89.8 Å². The highest BCUT2D eigenvalue weighted by atomic mass is 16.3. The van der Waals surface area contributed by atoms with Crippen LogP contribution in [0.25, 0.3) is 22.2 Å². The molecule has 0 saturated heterocycles. The minimum Gasteiger partial charge on any atom is -0.464 e. The maximum absolute atomic E-state index is 13.0. The molecule has 1 aliphatic heterocycles. The molecular weight excluding hydrogens is 336 g/mol. The van der Waals surface area contributed by atoms with Gasteiger partial charge in [0, 0.05) is 36.2 Å². The summed E-state index contributed by atoms with van der Waals surface area (Å²) in [5.41, 5.74) is 4.68. The zero-order valence-electron chi connectivity index (χ0n) is 14.8. The Hall–Kier alpha value is -3.40. The highest BCUT2D eigenvalue weighted by molar-refractivity contribution is 6.04. The van der Waals surface area contributed by atoms with E-state index in [2.05, 4.69) is 12.1 Å². The van der Waals surface area contributed by atoms with Gasteiger partial charge in [0.2, 0.25) is 0 Å². The Morgan fingerprint density at radius 1 is 0.963 bits per heavy atom. The smallest absolute Gasteiger partial charge is 0.255 e. The van der Waals surface area contributed by atoms with E-state index in [1.165, 1.54) is 0 Å². The van der Waals surface area contributed by atoms with Crippen LogP contribution >= 0.6 is 0 Å². The van der Waals surface area contributed by atoms with Crippen LogP contribution in [0.15, 0.2) is 77.4 Å². The monoisotopic (exact) mass is 354 g/mol. The van der Waals surface area contributed by atoms with Gasteiger partial charge in [0.15, 0.2) is 0 Å². The number of rotatable bonds is 4. The lowest BCUT2D eigenvalue weighted by molar-refractivity contribution is 0.0780. The van der Waals surface area contributed by atoms with Gasteiger partial charge in [0.25, 0.3) is 5.91 Å². The average molecular weight is 354 g/mol. The van der Waals surface area contributed by atoms with Gasteiger partial charge >= 0.3 is 0 Å². The van der Waals surface area contributed by atoms with Crippen molar-refractivity contribution in [3.8, 4) is 11.3 Å². The summed E-state index contributed by atoms with van der Waals surface area (Å²) in [5, 5.41) is 1.13. The van der Waals surface area contributed by atoms with Crippen molar-refractivity contribution in [2.45, 2.75) is 13.0 Å². The molecule has 3 heterocycles. The van der Waals surface area contributed by atoms with Crippen molar-refractivity contribution >= 4 is 16.8 Å². The molecule has 0 bridgehead atoms. The highest BCUT2D eigenvalue weighted by Gasteiger charge is 2.30. The van der Waals surface area contributed by atoms with Crippen LogP contribution in [0.5, 0.6) is 0 Å². The van der Waals surface area contributed by atoms with Crippen LogP contribution in [-0.2, 0) is 13.0 Å². The van der Waals surface area contributed by atoms with E-state index < -0.39 is 0 Å². The van der Waals surface area contributed by atoms with Gasteiger partial charge in [0.1, 0.15) is 5.76 Å². The van der Waals surface area contributed by atoms with E-state index in [9.17, 15) is 4.79 Å². The summed E-state index contributed by atoms with van der Waals surface area (Å²) in [7, 11) is 0. The normalized spacial score (nSPS) is 13.3. The Bertz CT molecular complexity index is 1130. The number of fused-ring (bicyclic) bond motifs is 2. The molecule has 0 unspecified atom stereocenters. The van der Waals surface area contributed by atoms with E-state index in [0.29, 0.717) is 13.1 Å². The van der Waals surface area contributed by atoms with Crippen molar-refractivity contribution in [3.63, 3.8) is 0 Å². The van der Waals surface area contributed by atoms with Crippen LogP contribution in [0, 0.1) is 0 Å². The first-order valence-electron chi connectivity index (χ1n) is 9.09. The third kappa shape index (κ3) is 2.79. The lowest BCUT2D eigenvalue weighted by Crippen LogP contribution is -2.26. The predicted molar refractivity (Wildman–Crippen MR) is 104 cm³/mol. The van der Waals surface area contributed by atoms with E-state index in [1.54, 1.807) is 6.26 Å². The first-order valence-corrected chi connectivity index (χ1v) is 9.09. The molecule has 132 valence electrons. The Kier molecular flexibility index (Phi) is 3.75. The number of hydrogen-bond donors (Lipinski definition) is 0. The fourth-order valence-electron chi connectivity index (χ4n) is 3.73.